The van der Waals surface area contributed by atoms with E-state index >= 15 is 0 Å². The van der Waals surface area contributed by atoms with Crippen LogP contribution in [0.5, 0.6) is 5.75 Å². The van der Waals surface area contributed by atoms with Gasteiger partial charge in [0.1, 0.15) is 5.75 Å². The van der Waals surface area contributed by atoms with Gasteiger partial charge in [0.15, 0.2) is 0 Å². The Morgan fingerprint density at radius 1 is 1.40 bits per heavy atom. The molecule has 0 saturated heterocycles. The summed E-state index contributed by atoms with van der Waals surface area (Å²) >= 11 is 3.44. The van der Waals surface area contributed by atoms with E-state index in [9.17, 15) is 8.42 Å². The van der Waals surface area contributed by atoms with Crippen molar-refractivity contribution < 1.29 is 13.2 Å². The smallest absolute Gasteiger partial charge is 0.213 e. The minimum atomic E-state index is -3.27. The van der Waals surface area contributed by atoms with E-state index in [2.05, 4.69) is 26.0 Å². The highest BCUT2D eigenvalue weighted by Crippen LogP contribution is 2.32. The van der Waals surface area contributed by atoms with Gasteiger partial charge in [0.2, 0.25) is 10.0 Å². The first kappa shape index (κ1) is 15.8. The van der Waals surface area contributed by atoms with Crippen LogP contribution in [-0.4, -0.2) is 33.9 Å². The van der Waals surface area contributed by atoms with E-state index in [4.69, 9.17) is 4.74 Å². The van der Waals surface area contributed by atoms with E-state index in [0.717, 1.165) is 34.3 Å². The van der Waals surface area contributed by atoms with Crippen molar-refractivity contribution in [3.63, 3.8) is 0 Å². The molecule has 0 aromatic heterocycles. The molecule has 0 fully saturated rings. The van der Waals surface area contributed by atoms with Gasteiger partial charge in [-0.2, -0.15) is 0 Å². The molecule has 5 nitrogen and oxygen atoms in total. The minimum absolute atomic E-state index is 0.0812. The van der Waals surface area contributed by atoms with Crippen LogP contribution in [0.1, 0.15) is 18.1 Å². The summed E-state index contributed by atoms with van der Waals surface area (Å²) in [5.41, 5.74) is 2.00. The fraction of sp³-hybridized carbons (Fsp3) is 0.538. The predicted octanol–water partition coefficient (Wildman–Crippen LogP) is 1.41. The van der Waals surface area contributed by atoms with E-state index < -0.39 is 10.0 Å². The Morgan fingerprint density at radius 2 is 2.20 bits per heavy atom. The minimum Gasteiger partial charge on any atom is -0.493 e. The Hall–Kier alpha value is -0.630. The standard InChI is InChI=1S/C13H19BrN2O3S/c1-2-15-4-6-20(17,18)16-9-11-8-12(14)7-10-3-5-19-13(10)11/h7-8,15-16H,2-6,9H2,1H3. The first-order chi connectivity index (χ1) is 9.52. The Morgan fingerprint density at radius 3 is 2.95 bits per heavy atom. The Labute approximate surface area is 128 Å². The van der Waals surface area contributed by atoms with Crippen LogP contribution in [0.25, 0.3) is 0 Å². The molecule has 1 aromatic carbocycles. The lowest BCUT2D eigenvalue weighted by atomic mass is 10.1. The van der Waals surface area contributed by atoms with Gasteiger partial charge in [-0.3, -0.25) is 0 Å². The summed E-state index contributed by atoms with van der Waals surface area (Å²) < 4.78 is 32.9. The zero-order valence-electron chi connectivity index (χ0n) is 11.4. The van der Waals surface area contributed by atoms with Gasteiger partial charge >= 0.3 is 0 Å². The predicted molar refractivity (Wildman–Crippen MR) is 82.5 cm³/mol. The summed E-state index contributed by atoms with van der Waals surface area (Å²) in [7, 11) is -3.27. The highest BCUT2D eigenvalue weighted by molar-refractivity contribution is 9.10. The molecule has 1 aliphatic rings. The number of rotatable bonds is 7. The van der Waals surface area contributed by atoms with Crippen LogP contribution in [-0.2, 0) is 23.0 Å². The quantitative estimate of drug-likeness (QED) is 0.719. The maximum Gasteiger partial charge on any atom is 0.213 e. The van der Waals surface area contributed by atoms with Crippen molar-refractivity contribution in [2.24, 2.45) is 0 Å². The van der Waals surface area contributed by atoms with Crippen LogP contribution >= 0.6 is 15.9 Å². The van der Waals surface area contributed by atoms with Crippen LogP contribution < -0.4 is 14.8 Å². The van der Waals surface area contributed by atoms with Crippen molar-refractivity contribution in [2.45, 2.75) is 19.9 Å². The molecule has 112 valence electrons. The van der Waals surface area contributed by atoms with Gasteiger partial charge in [0, 0.05) is 29.5 Å². The second-order valence-electron chi connectivity index (χ2n) is 4.65. The van der Waals surface area contributed by atoms with E-state index in [-0.39, 0.29) is 12.3 Å². The third-order valence-corrected chi connectivity index (χ3v) is 4.89. The molecule has 0 unspecified atom stereocenters. The molecule has 20 heavy (non-hydrogen) atoms. The van der Waals surface area contributed by atoms with Crippen molar-refractivity contribution in [3.8, 4) is 5.75 Å². The van der Waals surface area contributed by atoms with Gasteiger partial charge in [-0.25, -0.2) is 13.1 Å². The van der Waals surface area contributed by atoms with Gasteiger partial charge in [0.05, 0.1) is 12.4 Å². The maximum atomic E-state index is 11.9. The Balaban J connectivity index is 2.01. The highest BCUT2D eigenvalue weighted by Gasteiger charge is 2.19. The highest BCUT2D eigenvalue weighted by atomic mass is 79.9. The molecule has 0 radical (unpaired) electrons. The van der Waals surface area contributed by atoms with Crippen LogP contribution in [0.3, 0.4) is 0 Å². The number of fused-ring (bicyclic) bond motifs is 1. The molecule has 0 saturated carbocycles. The number of halogens is 1. The average molecular weight is 363 g/mol. The Kier molecular flexibility index (Phi) is 5.42. The third-order valence-electron chi connectivity index (χ3n) is 3.11. The molecule has 0 spiro atoms. The van der Waals surface area contributed by atoms with Crippen molar-refractivity contribution in [1.29, 1.82) is 0 Å². The van der Waals surface area contributed by atoms with E-state index in [0.29, 0.717) is 13.2 Å². The number of benzene rings is 1. The zero-order chi connectivity index (χ0) is 14.6. The molecule has 1 aromatic rings. The fourth-order valence-electron chi connectivity index (χ4n) is 2.12. The summed E-state index contributed by atoms with van der Waals surface area (Å²) in [5, 5.41) is 3.00. The molecule has 2 rings (SSSR count). The topological polar surface area (TPSA) is 67.4 Å². The van der Waals surface area contributed by atoms with Gasteiger partial charge < -0.3 is 10.1 Å². The number of ether oxygens (including phenoxy) is 1. The first-order valence-corrected chi connectivity index (χ1v) is 9.08. The SMILES string of the molecule is CCNCCS(=O)(=O)NCc1cc(Br)cc2c1OCC2. The summed E-state index contributed by atoms with van der Waals surface area (Å²) in [6.45, 7) is 4.09. The molecule has 0 aliphatic carbocycles. The van der Waals surface area contributed by atoms with Gasteiger partial charge in [0.25, 0.3) is 0 Å². The third kappa shape index (κ3) is 4.18. The molecule has 0 bridgehead atoms. The van der Waals surface area contributed by atoms with Gasteiger partial charge in [-0.05, 0) is 24.2 Å². The van der Waals surface area contributed by atoms with Crippen LogP contribution in [0.2, 0.25) is 0 Å². The van der Waals surface area contributed by atoms with E-state index in [1.807, 2.05) is 19.1 Å². The van der Waals surface area contributed by atoms with E-state index in [1.54, 1.807) is 0 Å². The van der Waals surface area contributed by atoms with Crippen molar-refractivity contribution in [3.05, 3.63) is 27.7 Å². The number of sulfonamides is 1. The average Bonchev–Trinajstić information content (AvgIpc) is 2.84. The lowest BCUT2D eigenvalue weighted by molar-refractivity contribution is 0.353. The molecule has 7 heteroatoms. The molecule has 1 aliphatic heterocycles. The normalized spacial score (nSPS) is 14.1. The number of hydrogen-bond acceptors (Lipinski definition) is 4. The number of nitrogens with one attached hydrogen (secondary N) is 2. The van der Waals surface area contributed by atoms with E-state index in [1.165, 1.54) is 0 Å². The molecular weight excluding hydrogens is 344 g/mol. The largest absolute Gasteiger partial charge is 0.493 e. The van der Waals surface area contributed by atoms with Crippen molar-refractivity contribution in [2.75, 3.05) is 25.4 Å². The second-order valence-corrected chi connectivity index (χ2v) is 7.49. The molecule has 0 atom stereocenters. The Bertz CT molecular complexity index is 575. The lowest BCUT2D eigenvalue weighted by Gasteiger charge is -2.11. The summed E-state index contributed by atoms with van der Waals surface area (Å²) in [6.07, 6.45) is 0.870. The second kappa shape index (κ2) is 6.89. The molecule has 2 N–H and O–H groups in total. The van der Waals surface area contributed by atoms with Gasteiger partial charge in [-0.1, -0.05) is 22.9 Å². The zero-order valence-corrected chi connectivity index (χ0v) is 13.8. The van der Waals surface area contributed by atoms with Crippen molar-refractivity contribution in [1.82, 2.24) is 10.0 Å². The summed E-state index contributed by atoms with van der Waals surface area (Å²) in [5.74, 6) is 0.903. The first-order valence-electron chi connectivity index (χ1n) is 6.64. The van der Waals surface area contributed by atoms with Gasteiger partial charge in [-0.15, -0.1) is 0 Å². The van der Waals surface area contributed by atoms with Crippen LogP contribution in [0.4, 0.5) is 0 Å². The molecular formula is C13H19BrN2O3S. The lowest BCUT2D eigenvalue weighted by Crippen LogP contribution is -2.31. The summed E-state index contributed by atoms with van der Waals surface area (Å²) in [6, 6.07) is 3.92. The monoisotopic (exact) mass is 362 g/mol. The molecule has 1 heterocycles. The van der Waals surface area contributed by atoms with Crippen molar-refractivity contribution >= 4 is 26.0 Å². The van der Waals surface area contributed by atoms with Crippen LogP contribution in [0.15, 0.2) is 16.6 Å². The summed E-state index contributed by atoms with van der Waals surface area (Å²) in [4.78, 5) is 0. The van der Waals surface area contributed by atoms with Crippen LogP contribution in [0, 0.1) is 0 Å². The fourth-order valence-corrected chi connectivity index (χ4v) is 3.61. The number of hydrogen-bond donors (Lipinski definition) is 2. The maximum absolute atomic E-state index is 11.9. The molecule has 0 amide bonds.